The zero-order valence-corrected chi connectivity index (χ0v) is 13.4. The topological polar surface area (TPSA) is 55.4 Å². The molecule has 1 N–H and O–H groups in total. The first-order valence-corrected chi connectivity index (χ1v) is 8.43. The monoisotopic (exact) mass is 343 g/mol. The Bertz CT molecular complexity index is 765. The zero-order chi connectivity index (χ0) is 16.2. The van der Waals surface area contributed by atoms with Crippen LogP contribution < -0.4 is 4.72 Å². The van der Waals surface area contributed by atoms with Gasteiger partial charge in [-0.2, -0.15) is 0 Å². The van der Waals surface area contributed by atoms with Gasteiger partial charge in [0.2, 0.25) is 0 Å². The van der Waals surface area contributed by atoms with Gasteiger partial charge in [-0.15, -0.1) is 0 Å². The highest BCUT2D eigenvalue weighted by molar-refractivity contribution is 7.92. The molecule has 0 amide bonds. The van der Waals surface area contributed by atoms with E-state index in [1.165, 1.54) is 0 Å². The summed E-state index contributed by atoms with van der Waals surface area (Å²) in [7, 11) is -3.91. The summed E-state index contributed by atoms with van der Waals surface area (Å²) in [6.45, 7) is 2.66. The fourth-order valence-corrected chi connectivity index (χ4v) is 3.48. The molecule has 0 saturated carbocycles. The van der Waals surface area contributed by atoms with Crippen LogP contribution in [-0.4, -0.2) is 15.0 Å². The third kappa shape index (κ3) is 3.97. The average molecular weight is 344 g/mol. The van der Waals surface area contributed by atoms with Crippen molar-refractivity contribution in [3.8, 4) is 0 Å². The molecule has 0 aliphatic rings. The second kappa shape index (κ2) is 7.09. The number of benzene rings is 2. The van der Waals surface area contributed by atoms with E-state index >= 15 is 0 Å². The van der Waals surface area contributed by atoms with Crippen molar-refractivity contribution in [2.45, 2.75) is 18.4 Å². The summed E-state index contributed by atoms with van der Waals surface area (Å²) >= 11 is 5.82. The van der Waals surface area contributed by atoms with Crippen LogP contribution in [0.3, 0.4) is 0 Å². The van der Waals surface area contributed by atoms with Gasteiger partial charge in [-0.25, -0.2) is 12.8 Å². The van der Waals surface area contributed by atoms with E-state index in [1.54, 1.807) is 24.3 Å². The van der Waals surface area contributed by atoms with Gasteiger partial charge in [0.1, 0.15) is 10.7 Å². The quantitative estimate of drug-likeness (QED) is 0.867. The first-order chi connectivity index (χ1) is 10.4. The molecule has 0 aromatic heterocycles. The van der Waals surface area contributed by atoms with Gasteiger partial charge in [-0.3, -0.25) is 4.72 Å². The second-order valence-corrected chi connectivity index (χ2v) is 6.53. The second-order valence-electron chi connectivity index (χ2n) is 4.47. The summed E-state index contributed by atoms with van der Waals surface area (Å²) in [5, 5.41) is -0.171. The lowest BCUT2D eigenvalue weighted by molar-refractivity contribution is 0.134. The lowest BCUT2D eigenvalue weighted by Crippen LogP contribution is -2.15. The van der Waals surface area contributed by atoms with Crippen molar-refractivity contribution in [1.29, 1.82) is 0 Å². The first-order valence-electron chi connectivity index (χ1n) is 6.57. The molecule has 2 aromatic rings. The van der Waals surface area contributed by atoms with Crippen molar-refractivity contribution in [1.82, 2.24) is 0 Å². The van der Waals surface area contributed by atoms with Crippen molar-refractivity contribution in [2.75, 3.05) is 11.3 Å². The largest absolute Gasteiger partial charge is 0.377 e. The maximum absolute atomic E-state index is 13.0. The number of nitrogens with one attached hydrogen (secondary N) is 1. The van der Waals surface area contributed by atoms with Gasteiger partial charge < -0.3 is 4.74 Å². The molecule has 0 atom stereocenters. The standard InChI is InChI=1S/C15H15ClFNO3S/c1-2-21-10-11-5-3-4-6-14(11)18-22(19,20)15-8-7-12(17)9-13(15)16/h3-9,18H,2,10H2,1H3. The van der Waals surface area contributed by atoms with Gasteiger partial charge in [-0.05, 0) is 31.2 Å². The molecule has 0 bridgehead atoms. The molecule has 2 aromatic carbocycles. The molecule has 4 nitrogen and oxygen atoms in total. The van der Waals surface area contributed by atoms with E-state index in [2.05, 4.69) is 4.72 Å². The van der Waals surface area contributed by atoms with E-state index in [4.69, 9.17) is 16.3 Å². The number of hydrogen-bond donors (Lipinski definition) is 1. The maximum Gasteiger partial charge on any atom is 0.263 e. The molecule has 0 saturated heterocycles. The lowest BCUT2D eigenvalue weighted by atomic mass is 10.2. The van der Waals surface area contributed by atoms with E-state index in [0.717, 1.165) is 18.2 Å². The zero-order valence-electron chi connectivity index (χ0n) is 11.8. The van der Waals surface area contributed by atoms with E-state index in [-0.39, 0.29) is 16.5 Å². The molecule has 0 aliphatic carbocycles. The summed E-state index contributed by atoms with van der Waals surface area (Å²) in [5.74, 6) is -0.597. The van der Waals surface area contributed by atoms with E-state index in [0.29, 0.717) is 17.9 Å². The lowest BCUT2D eigenvalue weighted by Gasteiger charge is -2.13. The van der Waals surface area contributed by atoms with Crippen LogP contribution in [0.15, 0.2) is 47.4 Å². The molecule has 22 heavy (non-hydrogen) atoms. The molecule has 0 heterocycles. The molecule has 7 heteroatoms. The van der Waals surface area contributed by atoms with Crippen molar-refractivity contribution in [2.24, 2.45) is 0 Å². The highest BCUT2D eigenvalue weighted by atomic mass is 35.5. The number of ether oxygens (including phenoxy) is 1. The predicted octanol–water partition coefficient (Wildman–Crippen LogP) is 3.82. The van der Waals surface area contributed by atoms with Gasteiger partial charge in [0.25, 0.3) is 10.0 Å². The third-order valence-corrected chi connectivity index (χ3v) is 4.76. The molecule has 0 aliphatic heterocycles. The minimum absolute atomic E-state index is 0.171. The number of para-hydroxylation sites is 1. The van der Waals surface area contributed by atoms with Crippen LogP contribution >= 0.6 is 11.6 Å². The van der Waals surface area contributed by atoms with Crippen LogP contribution in [0.25, 0.3) is 0 Å². The number of anilines is 1. The molecular formula is C15H15ClFNO3S. The van der Waals surface area contributed by atoms with Crippen molar-refractivity contribution in [3.05, 3.63) is 58.9 Å². The van der Waals surface area contributed by atoms with Gasteiger partial charge in [0.05, 0.1) is 17.3 Å². The Kier molecular flexibility index (Phi) is 5.39. The van der Waals surface area contributed by atoms with E-state index < -0.39 is 15.8 Å². The van der Waals surface area contributed by atoms with Crippen LogP contribution in [0, 0.1) is 5.82 Å². The molecule has 2 rings (SSSR count). The predicted molar refractivity (Wildman–Crippen MR) is 84.0 cm³/mol. The minimum Gasteiger partial charge on any atom is -0.377 e. The van der Waals surface area contributed by atoms with Crippen LogP contribution in [0.1, 0.15) is 12.5 Å². The number of hydrogen-bond acceptors (Lipinski definition) is 3. The first kappa shape index (κ1) is 16.7. The van der Waals surface area contributed by atoms with Crippen LogP contribution in [-0.2, 0) is 21.4 Å². The van der Waals surface area contributed by atoms with Gasteiger partial charge in [-0.1, -0.05) is 29.8 Å². The van der Waals surface area contributed by atoms with E-state index in [1.807, 2.05) is 6.92 Å². The fraction of sp³-hybridized carbons (Fsp3) is 0.200. The molecule has 0 fully saturated rings. The summed E-state index contributed by atoms with van der Waals surface area (Å²) in [5.41, 5.74) is 1.10. The van der Waals surface area contributed by atoms with Crippen LogP contribution in [0.2, 0.25) is 5.02 Å². The molecule has 0 radical (unpaired) electrons. The molecular weight excluding hydrogens is 329 g/mol. The Hall–Kier alpha value is -1.63. The Balaban J connectivity index is 2.33. The summed E-state index contributed by atoms with van der Waals surface area (Å²) in [6.07, 6.45) is 0. The Morgan fingerprint density at radius 2 is 1.95 bits per heavy atom. The normalized spacial score (nSPS) is 11.4. The van der Waals surface area contributed by atoms with Crippen molar-refractivity contribution in [3.63, 3.8) is 0 Å². The van der Waals surface area contributed by atoms with E-state index in [9.17, 15) is 12.8 Å². The Morgan fingerprint density at radius 1 is 1.23 bits per heavy atom. The smallest absolute Gasteiger partial charge is 0.263 e. The summed E-state index contributed by atoms with van der Waals surface area (Å²) in [4.78, 5) is -0.179. The highest BCUT2D eigenvalue weighted by Crippen LogP contribution is 2.26. The number of halogens is 2. The summed E-state index contributed by atoms with van der Waals surface area (Å²) < 4.78 is 45.6. The fourth-order valence-electron chi connectivity index (χ4n) is 1.85. The highest BCUT2D eigenvalue weighted by Gasteiger charge is 2.19. The van der Waals surface area contributed by atoms with Gasteiger partial charge in [0, 0.05) is 12.2 Å². The van der Waals surface area contributed by atoms with Crippen molar-refractivity contribution >= 4 is 27.3 Å². The summed E-state index contributed by atoms with van der Waals surface area (Å²) in [6, 6.07) is 10.0. The molecule has 0 spiro atoms. The third-order valence-electron chi connectivity index (χ3n) is 2.91. The van der Waals surface area contributed by atoms with Crippen LogP contribution in [0.5, 0.6) is 0 Å². The molecule has 118 valence electrons. The minimum atomic E-state index is -3.91. The maximum atomic E-state index is 13.0. The number of rotatable bonds is 6. The SMILES string of the molecule is CCOCc1ccccc1NS(=O)(=O)c1ccc(F)cc1Cl. The van der Waals surface area contributed by atoms with Gasteiger partial charge >= 0.3 is 0 Å². The number of sulfonamides is 1. The molecule has 0 unspecified atom stereocenters. The average Bonchev–Trinajstić information content (AvgIpc) is 2.45. The Morgan fingerprint density at radius 3 is 2.64 bits per heavy atom. The van der Waals surface area contributed by atoms with Gasteiger partial charge in [0.15, 0.2) is 0 Å². The van der Waals surface area contributed by atoms with Crippen molar-refractivity contribution < 1.29 is 17.5 Å². The van der Waals surface area contributed by atoms with Crippen LogP contribution in [0.4, 0.5) is 10.1 Å². The Labute approximate surface area is 133 Å².